The summed E-state index contributed by atoms with van der Waals surface area (Å²) in [5.41, 5.74) is 0.929. The zero-order valence-electron chi connectivity index (χ0n) is 12.7. The summed E-state index contributed by atoms with van der Waals surface area (Å²) in [6.07, 6.45) is 5.29. The Hall–Kier alpha value is -1.09. The van der Waals surface area contributed by atoms with E-state index in [1.807, 2.05) is 20.8 Å². The molecule has 110 valence electrons. The minimum absolute atomic E-state index is 0.0285. The highest BCUT2D eigenvalue weighted by atomic mass is 16.5. The van der Waals surface area contributed by atoms with Crippen LogP contribution in [-0.4, -0.2) is 23.8 Å². The maximum Gasteiger partial charge on any atom is 0.330 e. The molecule has 0 aliphatic carbocycles. The molecule has 0 spiro atoms. The topological polar surface area (TPSA) is 46.5 Å². The summed E-state index contributed by atoms with van der Waals surface area (Å²) in [5, 5.41) is 9.94. The zero-order chi connectivity index (χ0) is 14.8. The van der Waals surface area contributed by atoms with Gasteiger partial charge in [0.25, 0.3) is 0 Å². The summed E-state index contributed by atoms with van der Waals surface area (Å²) in [5.74, 6) is -0.0752. The Labute approximate surface area is 117 Å². The van der Waals surface area contributed by atoms with E-state index < -0.39 is 6.10 Å². The van der Waals surface area contributed by atoms with Crippen LogP contribution in [0.25, 0.3) is 0 Å². The smallest absolute Gasteiger partial charge is 0.330 e. The van der Waals surface area contributed by atoms with Gasteiger partial charge in [-0.2, -0.15) is 0 Å². The molecule has 0 bridgehead atoms. The van der Waals surface area contributed by atoms with Crippen molar-refractivity contribution in [1.82, 2.24) is 0 Å². The summed E-state index contributed by atoms with van der Waals surface area (Å²) in [6.45, 7) is 12.4. The second-order valence-corrected chi connectivity index (χ2v) is 5.31. The fourth-order valence-corrected chi connectivity index (χ4v) is 1.68. The molecule has 0 aliphatic rings. The minimum Gasteiger partial charge on any atom is -0.463 e. The van der Waals surface area contributed by atoms with E-state index in [-0.39, 0.29) is 17.8 Å². The van der Waals surface area contributed by atoms with Crippen molar-refractivity contribution in [2.45, 2.75) is 53.1 Å². The van der Waals surface area contributed by atoms with Gasteiger partial charge in [-0.05, 0) is 18.8 Å². The standard InChI is InChI=1S/C16H28O3/c1-6-7-11-19-15(17)10-8-9-13(4)14(5)16(18)12(2)3/h8,10,12,14,16,18H,4,6-7,9,11H2,1-3,5H3/b10-8+/t14-,16+/m1/s1. The third-order valence-electron chi connectivity index (χ3n) is 3.22. The van der Waals surface area contributed by atoms with Crippen LogP contribution < -0.4 is 0 Å². The number of aliphatic hydroxyl groups is 1. The molecule has 0 saturated heterocycles. The lowest BCUT2D eigenvalue weighted by molar-refractivity contribution is -0.137. The molecule has 0 aromatic heterocycles. The molecule has 0 rings (SSSR count). The number of allylic oxidation sites excluding steroid dienone is 1. The Morgan fingerprint density at radius 2 is 2.00 bits per heavy atom. The maximum atomic E-state index is 11.3. The molecule has 2 atom stereocenters. The van der Waals surface area contributed by atoms with E-state index in [0.29, 0.717) is 13.0 Å². The third-order valence-corrected chi connectivity index (χ3v) is 3.22. The normalized spacial score (nSPS) is 14.6. The lowest BCUT2D eigenvalue weighted by atomic mass is 9.88. The Balaban J connectivity index is 4.04. The lowest BCUT2D eigenvalue weighted by Gasteiger charge is -2.23. The van der Waals surface area contributed by atoms with Crippen LogP contribution in [0.3, 0.4) is 0 Å². The van der Waals surface area contributed by atoms with Gasteiger partial charge in [-0.1, -0.05) is 52.3 Å². The number of ether oxygens (including phenoxy) is 1. The highest BCUT2D eigenvalue weighted by Crippen LogP contribution is 2.21. The molecule has 3 nitrogen and oxygen atoms in total. The van der Waals surface area contributed by atoms with Crippen molar-refractivity contribution in [3.63, 3.8) is 0 Å². The summed E-state index contributed by atoms with van der Waals surface area (Å²) in [7, 11) is 0. The van der Waals surface area contributed by atoms with Crippen molar-refractivity contribution in [2.24, 2.45) is 11.8 Å². The molecule has 0 aromatic carbocycles. The SMILES string of the molecule is C=C(C/C=C/C(=O)OCCCC)[C@@H](C)[C@@H](O)C(C)C. The first-order valence-electron chi connectivity index (χ1n) is 7.09. The minimum atomic E-state index is -0.391. The molecule has 3 heteroatoms. The number of aliphatic hydroxyl groups excluding tert-OH is 1. The quantitative estimate of drug-likeness (QED) is 0.301. The molecule has 0 radical (unpaired) electrons. The first kappa shape index (κ1) is 17.9. The average Bonchev–Trinajstić information content (AvgIpc) is 2.37. The van der Waals surface area contributed by atoms with Crippen molar-refractivity contribution >= 4 is 5.97 Å². The van der Waals surface area contributed by atoms with Crippen molar-refractivity contribution in [3.05, 3.63) is 24.3 Å². The highest BCUT2D eigenvalue weighted by Gasteiger charge is 2.19. The van der Waals surface area contributed by atoms with E-state index in [4.69, 9.17) is 4.74 Å². The molecule has 0 heterocycles. The molecule has 0 aliphatic heterocycles. The fraction of sp³-hybridized carbons (Fsp3) is 0.688. The van der Waals surface area contributed by atoms with Gasteiger partial charge in [-0.25, -0.2) is 4.79 Å². The molecular formula is C16H28O3. The van der Waals surface area contributed by atoms with Crippen LogP contribution in [0.4, 0.5) is 0 Å². The van der Waals surface area contributed by atoms with Crippen molar-refractivity contribution in [2.75, 3.05) is 6.61 Å². The third kappa shape index (κ3) is 7.83. The van der Waals surface area contributed by atoms with Gasteiger partial charge >= 0.3 is 5.97 Å². The van der Waals surface area contributed by atoms with Gasteiger partial charge in [0.2, 0.25) is 0 Å². The van der Waals surface area contributed by atoms with E-state index in [2.05, 4.69) is 13.5 Å². The van der Waals surface area contributed by atoms with Crippen LogP contribution >= 0.6 is 0 Å². The summed E-state index contributed by atoms with van der Waals surface area (Å²) < 4.78 is 5.01. The number of hydrogen-bond donors (Lipinski definition) is 1. The fourth-order valence-electron chi connectivity index (χ4n) is 1.68. The van der Waals surface area contributed by atoms with Gasteiger partial charge in [-0.3, -0.25) is 0 Å². The van der Waals surface area contributed by atoms with Crippen LogP contribution in [0, 0.1) is 11.8 Å². The van der Waals surface area contributed by atoms with Gasteiger partial charge in [0.05, 0.1) is 12.7 Å². The van der Waals surface area contributed by atoms with Gasteiger partial charge < -0.3 is 9.84 Å². The Morgan fingerprint density at radius 3 is 2.53 bits per heavy atom. The van der Waals surface area contributed by atoms with Crippen LogP contribution in [0.1, 0.15) is 47.0 Å². The Bertz CT molecular complexity index is 305. The number of rotatable bonds is 9. The number of esters is 1. The number of carbonyl (C=O) groups excluding carboxylic acids is 1. The van der Waals surface area contributed by atoms with E-state index in [1.165, 1.54) is 6.08 Å². The van der Waals surface area contributed by atoms with Gasteiger partial charge in [0.15, 0.2) is 0 Å². The van der Waals surface area contributed by atoms with Crippen LogP contribution in [0.5, 0.6) is 0 Å². The van der Waals surface area contributed by atoms with Crippen molar-refractivity contribution in [1.29, 1.82) is 0 Å². The summed E-state index contributed by atoms with van der Waals surface area (Å²) in [6, 6.07) is 0. The molecule has 0 aromatic rings. The number of carbonyl (C=O) groups is 1. The number of hydrogen-bond acceptors (Lipinski definition) is 3. The van der Waals surface area contributed by atoms with Crippen LogP contribution in [0.15, 0.2) is 24.3 Å². The van der Waals surface area contributed by atoms with Gasteiger partial charge in [-0.15, -0.1) is 0 Å². The Kier molecular flexibility index (Phi) is 9.23. The van der Waals surface area contributed by atoms with Crippen LogP contribution in [-0.2, 0) is 9.53 Å². The molecule has 0 saturated carbocycles. The predicted octanol–water partition coefficient (Wildman–Crippen LogP) is 3.49. The monoisotopic (exact) mass is 268 g/mol. The molecule has 0 amide bonds. The second-order valence-electron chi connectivity index (χ2n) is 5.31. The first-order valence-corrected chi connectivity index (χ1v) is 7.09. The van der Waals surface area contributed by atoms with Crippen molar-refractivity contribution in [3.8, 4) is 0 Å². The van der Waals surface area contributed by atoms with Crippen LogP contribution in [0.2, 0.25) is 0 Å². The van der Waals surface area contributed by atoms with E-state index in [9.17, 15) is 9.90 Å². The summed E-state index contributed by atoms with van der Waals surface area (Å²) >= 11 is 0. The van der Waals surface area contributed by atoms with E-state index in [1.54, 1.807) is 6.08 Å². The van der Waals surface area contributed by atoms with E-state index in [0.717, 1.165) is 18.4 Å². The number of unbranched alkanes of at least 4 members (excludes halogenated alkanes) is 1. The molecule has 19 heavy (non-hydrogen) atoms. The predicted molar refractivity (Wildman–Crippen MR) is 78.8 cm³/mol. The first-order chi connectivity index (χ1) is 8.90. The Morgan fingerprint density at radius 1 is 1.37 bits per heavy atom. The van der Waals surface area contributed by atoms with Gasteiger partial charge in [0.1, 0.15) is 0 Å². The summed E-state index contributed by atoms with van der Waals surface area (Å²) in [4.78, 5) is 11.3. The van der Waals surface area contributed by atoms with Gasteiger partial charge in [0, 0.05) is 12.0 Å². The van der Waals surface area contributed by atoms with E-state index >= 15 is 0 Å². The molecule has 1 N–H and O–H groups in total. The van der Waals surface area contributed by atoms with Crippen molar-refractivity contribution < 1.29 is 14.6 Å². The average molecular weight is 268 g/mol. The zero-order valence-corrected chi connectivity index (χ0v) is 12.7. The maximum absolute atomic E-state index is 11.3. The lowest BCUT2D eigenvalue weighted by Crippen LogP contribution is -2.24. The highest BCUT2D eigenvalue weighted by molar-refractivity contribution is 5.81. The molecule has 0 fully saturated rings. The molecule has 0 unspecified atom stereocenters. The largest absolute Gasteiger partial charge is 0.463 e. The second kappa shape index (κ2) is 9.79. The molecular weight excluding hydrogens is 240 g/mol.